The van der Waals surface area contributed by atoms with Crippen molar-refractivity contribution < 1.29 is 4.74 Å². The number of ether oxygens (including phenoxy) is 1. The third-order valence-electron chi connectivity index (χ3n) is 5.01. The average Bonchev–Trinajstić information content (AvgIpc) is 2.74. The lowest BCUT2D eigenvalue weighted by molar-refractivity contribution is 0.103. The minimum atomic E-state index is 0.530. The maximum absolute atomic E-state index is 6.74. The lowest BCUT2D eigenvalue weighted by Gasteiger charge is -2.21. The molecule has 4 aromatic rings. The molecule has 1 aliphatic heterocycles. The Morgan fingerprint density at radius 3 is 2.69 bits per heavy atom. The van der Waals surface area contributed by atoms with Crippen LogP contribution in [0.1, 0.15) is 16.7 Å². The number of hydrogen-bond donors (Lipinski definition) is 1. The first kappa shape index (κ1) is 18.4. The summed E-state index contributed by atoms with van der Waals surface area (Å²) < 4.78 is 8.85. The van der Waals surface area contributed by atoms with E-state index in [1.165, 1.54) is 40.9 Å². The predicted octanol–water partition coefficient (Wildman–Crippen LogP) is 5.80. The van der Waals surface area contributed by atoms with Crippen molar-refractivity contribution in [3.8, 4) is 11.1 Å². The Balaban J connectivity index is 1.53. The molecule has 1 aromatic heterocycles. The number of nitrogens with zero attached hydrogens (tertiary/aromatic N) is 3. The van der Waals surface area contributed by atoms with Crippen LogP contribution in [0.15, 0.2) is 60.0 Å². The number of rotatable bonds is 4. The topological polar surface area (TPSA) is 59.9 Å². The van der Waals surface area contributed by atoms with Crippen LogP contribution in [0, 0.1) is 6.92 Å². The van der Waals surface area contributed by atoms with Crippen LogP contribution in [0.5, 0.6) is 0 Å². The second-order valence-electron chi connectivity index (χ2n) is 6.87. The number of hydrogen-bond acceptors (Lipinski definition) is 6. The Morgan fingerprint density at radius 1 is 1.03 bits per heavy atom. The van der Waals surface area contributed by atoms with E-state index in [0.29, 0.717) is 19.2 Å². The highest BCUT2D eigenvalue weighted by molar-refractivity contribution is 8.00. The summed E-state index contributed by atoms with van der Waals surface area (Å²) in [6.07, 6.45) is 2.94. The molecular weight excluding hydrogens is 404 g/mol. The number of benzene rings is 3. The van der Waals surface area contributed by atoms with Crippen LogP contribution in [0.25, 0.3) is 21.9 Å². The Hall–Kier alpha value is -2.67. The maximum Gasteiger partial charge on any atom is 0.236 e. The molecular formula is C22H17ClN4OS. The molecule has 0 radical (unpaired) electrons. The van der Waals surface area contributed by atoms with Gasteiger partial charge in [-0.05, 0) is 64.0 Å². The van der Waals surface area contributed by atoms with E-state index < -0.39 is 0 Å². The molecule has 3 aromatic carbocycles. The number of aryl methyl sites for hydroxylation is 1. The van der Waals surface area contributed by atoms with Crippen molar-refractivity contribution >= 4 is 40.3 Å². The Bertz CT molecular complexity index is 1220. The summed E-state index contributed by atoms with van der Waals surface area (Å²) in [5.74, 6) is 0.530. The maximum atomic E-state index is 6.74. The number of nitrogens with one attached hydrogen (secondary N) is 1. The fourth-order valence-electron chi connectivity index (χ4n) is 3.72. The van der Waals surface area contributed by atoms with Crippen LogP contribution < -0.4 is 4.72 Å². The predicted molar refractivity (Wildman–Crippen MR) is 117 cm³/mol. The van der Waals surface area contributed by atoms with Gasteiger partial charge in [-0.1, -0.05) is 41.9 Å². The minimum Gasteiger partial charge on any atom is -0.372 e. The van der Waals surface area contributed by atoms with Crippen LogP contribution in [-0.4, -0.2) is 15.0 Å². The first-order valence-corrected chi connectivity index (χ1v) is 10.4. The zero-order valence-corrected chi connectivity index (χ0v) is 17.2. The van der Waals surface area contributed by atoms with Gasteiger partial charge < -0.3 is 4.74 Å². The fraction of sp³-hybridized carbons (Fsp3) is 0.136. The average molecular weight is 421 g/mol. The summed E-state index contributed by atoms with van der Waals surface area (Å²) in [4.78, 5) is 13.1. The van der Waals surface area contributed by atoms with Crippen LogP contribution in [0.4, 0.5) is 5.95 Å². The molecule has 2 heterocycles. The van der Waals surface area contributed by atoms with Gasteiger partial charge in [-0.15, -0.1) is 0 Å². The van der Waals surface area contributed by atoms with Gasteiger partial charge in [0, 0.05) is 15.5 Å². The second-order valence-corrected chi connectivity index (χ2v) is 8.13. The largest absolute Gasteiger partial charge is 0.372 e. The molecule has 5 nitrogen and oxygen atoms in total. The first-order valence-electron chi connectivity index (χ1n) is 9.17. The first-order chi connectivity index (χ1) is 14.2. The molecule has 0 amide bonds. The van der Waals surface area contributed by atoms with Gasteiger partial charge in [0.2, 0.25) is 5.95 Å². The van der Waals surface area contributed by atoms with E-state index in [2.05, 4.69) is 63.0 Å². The van der Waals surface area contributed by atoms with Crippen molar-refractivity contribution in [1.82, 2.24) is 15.0 Å². The highest BCUT2D eigenvalue weighted by atomic mass is 35.5. The minimum absolute atomic E-state index is 0.530. The van der Waals surface area contributed by atoms with E-state index >= 15 is 0 Å². The summed E-state index contributed by atoms with van der Waals surface area (Å²) in [6.45, 7) is 3.33. The Labute approximate surface area is 177 Å². The summed E-state index contributed by atoms with van der Waals surface area (Å²) >= 11 is 8.21. The van der Waals surface area contributed by atoms with Crippen LogP contribution >= 0.6 is 23.5 Å². The molecule has 0 aliphatic carbocycles. The highest BCUT2D eigenvalue weighted by Gasteiger charge is 2.19. The zero-order chi connectivity index (χ0) is 19.8. The van der Waals surface area contributed by atoms with Crippen molar-refractivity contribution in [2.75, 3.05) is 4.72 Å². The van der Waals surface area contributed by atoms with Gasteiger partial charge in [0.1, 0.15) is 12.7 Å². The monoisotopic (exact) mass is 420 g/mol. The lowest BCUT2D eigenvalue weighted by atomic mass is 9.91. The normalized spacial score (nSPS) is 12.9. The van der Waals surface area contributed by atoms with Gasteiger partial charge in [0.25, 0.3) is 0 Å². The fourth-order valence-corrected chi connectivity index (χ4v) is 4.73. The zero-order valence-electron chi connectivity index (χ0n) is 15.6. The lowest BCUT2D eigenvalue weighted by Crippen LogP contribution is -2.05. The molecule has 0 saturated carbocycles. The molecule has 1 N–H and O–H groups in total. The van der Waals surface area contributed by atoms with Crippen molar-refractivity contribution in [2.24, 2.45) is 0 Å². The number of anilines is 1. The summed E-state index contributed by atoms with van der Waals surface area (Å²) in [5.41, 5.74) is 5.69. The molecule has 0 unspecified atom stereocenters. The van der Waals surface area contributed by atoms with Crippen molar-refractivity contribution in [3.63, 3.8) is 0 Å². The standard InChI is InChI=1S/C22H17ClN4OS/c1-13-7-14(5-6-19(13)29-27-22-25-11-24-12-26-22)21-17-4-2-3-15-9-28-10-16(20(15)17)8-18(21)23/h2-8,11-12H,9-10H2,1H3,(H,24,25,26,27). The van der Waals surface area contributed by atoms with Gasteiger partial charge >= 0.3 is 0 Å². The van der Waals surface area contributed by atoms with Gasteiger partial charge in [-0.2, -0.15) is 0 Å². The smallest absolute Gasteiger partial charge is 0.236 e. The summed E-state index contributed by atoms with van der Waals surface area (Å²) in [5, 5.41) is 3.19. The third kappa shape index (κ3) is 3.44. The molecule has 29 heavy (non-hydrogen) atoms. The second kappa shape index (κ2) is 7.63. The van der Waals surface area contributed by atoms with Crippen molar-refractivity contribution in [3.05, 3.63) is 76.8 Å². The molecule has 144 valence electrons. The van der Waals surface area contributed by atoms with Crippen LogP contribution in [0.3, 0.4) is 0 Å². The molecule has 1 aliphatic rings. The number of aromatic nitrogens is 3. The van der Waals surface area contributed by atoms with Crippen molar-refractivity contribution in [2.45, 2.75) is 25.0 Å². The van der Waals surface area contributed by atoms with E-state index in [1.807, 2.05) is 6.07 Å². The van der Waals surface area contributed by atoms with Gasteiger partial charge in [-0.25, -0.2) is 15.0 Å². The van der Waals surface area contributed by atoms with Gasteiger partial charge in [-0.3, -0.25) is 4.72 Å². The quantitative estimate of drug-likeness (QED) is 0.421. The van der Waals surface area contributed by atoms with E-state index in [4.69, 9.17) is 16.3 Å². The molecule has 0 saturated heterocycles. The third-order valence-corrected chi connectivity index (χ3v) is 6.27. The molecule has 7 heteroatoms. The Morgan fingerprint density at radius 2 is 1.86 bits per heavy atom. The van der Waals surface area contributed by atoms with E-state index in [0.717, 1.165) is 32.2 Å². The molecule has 5 rings (SSSR count). The van der Waals surface area contributed by atoms with Gasteiger partial charge in [0.05, 0.1) is 13.2 Å². The molecule has 0 spiro atoms. The van der Waals surface area contributed by atoms with Crippen LogP contribution in [0.2, 0.25) is 5.02 Å². The molecule has 0 fully saturated rings. The van der Waals surface area contributed by atoms with E-state index in [-0.39, 0.29) is 0 Å². The van der Waals surface area contributed by atoms with E-state index in [9.17, 15) is 0 Å². The summed E-state index contributed by atoms with van der Waals surface area (Å²) in [7, 11) is 0. The van der Waals surface area contributed by atoms with E-state index in [1.54, 1.807) is 0 Å². The number of halogens is 1. The molecule has 0 atom stereocenters. The van der Waals surface area contributed by atoms with Gasteiger partial charge in [0.15, 0.2) is 0 Å². The Kier molecular flexibility index (Phi) is 4.83. The van der Waals surface area contributed by atoms with Crippen molar-refractivity contribution in [1.29, 1.82) is 0 Å². The summed E-state index contributed by atoms with van der Waals surface area (Å²) in [6, 6.07) is 14.8. The SMILES string of the molecule is Cc1cc(-c2c(Cl)cc3c4c(cccc24)COC3)ccc1SNc1ncncn1. The highest BCUT2D eigenvalue weighted by Crippen LogP contribution is 2.41. The van der Waals surface area contributed by atoms with Crippen LogP contribution in [-0.2, 0) is 18.0 Å². The molecule has 0 bridgehead atoms.